The summed E-state index contributed by atoms with van der Waals surface area (Å²) in [4.78, 5) is 26.0. The van der Waals surface area contributed by atoms with Crippen LogP contribution in [-0.4, -0.2) is 50.7 Å². The van der Waals surface area contributed by atoms with Crippen molar-refractivity contribution in [3.63, 3.8) is 0 Å². The van der Waals surface area contributed by atoms with E-state index in [0.29, 0.717) is 24.1 Å². The summed E-state index contributed by atoms with van der Waals surface area (Å²) in [6.07, 6.45) is 2.18. The first-order valence-corrected chi connectivity index (χ1v) is 10.5. The van der Waals surface area contributed by atoms with Gasteiger partial charge in [-0.2, -0.15) is 0 Å². The molecule has 0 fully saturated rings. The molecule has 6 nitrogen and oxygen atoms in total. The van der Waals surface area contributed by atoms with Crippen LogP contribution in [0.25, 0.3) is 11.1 Å². The summed E-state index contributed by atoms with van der Waals surface area (Å²) in [5.41, 5.74) is 4.13. The molecule has 148 valence electrons. The van der Waals surface area contributed by atoms with E-state index in [0.717, 1.165) is 11.1 Å². The molecule has 0 bridgehead atoms. The van der Waals surface area contributed by atoms with Gasteiger partial charge in [-0.1, -0.05) is 30.3 Å². The summed E-state index contributed by atoms with van der Waals surface area (Å²) in [5, 5.41) is 7.88. The molecule has 8 heteroatoms. The van der Waals surface area contributed by atoms with E-state index in [1.54, 1.807) is 35.2 Å². The molecule has 0 radical (unpaired) electrons. The number of hydroxylamine groups is 1. The Morgan fingerprint density at radius 2 is 2.04 bits per heavy atom. The van der Waals surface area contributed by atoms with Gasteiger partial charge in [0, 0.05) is 41.3 Å². The zero-order valence-corrected chi connectivity index (χ0v) is 16.2. The number of benzene rings is 2. The third kappa shape index (κ3) is 4.13. The molecule has 2 amide bonds. The fourth-order valence-electron chi connectivity index (χ4n) is 3.41. The Balaban J connectivity index is 1.76. The van der Waals surface area contributed by atoms with E-state index in [1.165, 1.54) is 17.8 Å². The Bertz CT molecular complexity index is 934. The number of amides is 2. The van der Waals surface area contributed by atoms with Crippen LogP contribution in [0, 0.1) is 5.82 Å². The number of nitrogens with zero attached hydrogens (tertiary/aromatic N) is 1. The van der Waals surface area contributed by atoms with Gasteiger partial charge in [0.25, 0.3) is 11.8 Å². The first kappa shape index (κ1) is 20.2. The van der Waals surface area contributed by atoms with Crippen molar-refractivity contribution in [2.45, 2.75) is 18.1 Å². The molecular formula is C20H21FN2O4S. The van der Waals surface area contributed by atoms with E-state index in [-0.39, 0.29) is 24.7 Å². The highest BCUT2D eigenvalue weighted by molar-refractivity contribution is 7.85. The van der Waals surface area contributed by atoms with Crippen LogP contribution < -0.4 is 5.48 Å². The molecule has 0 aromatic heterocycles. The molecule has 2 aromatic carbocycles. The van der Waals surface area contributed by atoms with Crippen molar-refractivity contribution in [3.05, 3.63) is 59.4 Å². The Morgan fingerprint density at radius 3 is 2.71 bits per heavy atom. The van der Waals surface area contributed by atoms with E-state index in [9.17, 15) is 18.2 Å². The smallest absolute Gasteiger partial charge is 0.259 e. The van der Waals surface area contributed by atoms with Gasteiger partial charge in [0.15, 0.2) is 0 Å². The first-order chi connectivity index (χ1) is 13.4. The summed E-state index contributed by atoms with van der Waals surface area (Å²) in [7, 11) is -1.47. The molecule has 3 rings (SSSR count). The van der Waals surface area contributed by atoms with Gasteiger partial charge in [-0.3, -0.25) is 19.0 Å². The molecule has 2 atom stereocenters. The predicted molar refractivity (Wildman–Crippen MR) is 104 cm³/mol. The SMILES string of the molecule is CS(=O)C(CCN1CCc2cc(-c3ccccc3F)ccc2C1=O)C(=O)NO. The van der Waals surface area contributed by atoms with Crippen molar-refractivity contribution in [2.24, 2.45) is 0 Å². The lowest BCUT2D eigenvalue weighted by molar-refractivity contribution is -0.128. The highest BCUT2D eigenvalue weighted by atomic mass is 32.2. The lowest BCUT2D eigenvalue weighted by Crippen LogP contribution is -2.42. The van der Waals surface area contributed by atoms with Crippen LogP contribution in [0.1, 0.15) is 22.3 Å². The van der Waals surface area contributed by atoms with E-state index in [4.69, 9.17) is 5.21 Å². The number of carbonyl (C=O) groups is 2. The van der Waals surface area contributed by atoms with Gasteiger partial charge < -0.3 is 4.90 Å². The quantitative estimate of drug-likeness (QED) is 0.571. The van der Waals surface area contributed by atoms with Gasteiger partial charge in [-0.15, -0.1) is 0 Å². The molecule has 1 aliphatic heterocycles. The van der Waals surface area contributed by atoms with Crippen molar-refractivity contribution in [1.29, 1.82) is 0 Å². The molecule has 2 N–H and O–H groups in total. The van der Waals surface area contributed by atoms with Crippen LogP contribution >= 0.6 is 0 Å². The number of nitrogens with one attached hydrogen (secondary N) is 1. The number of rotatable bonds is 6. The van der Waals surface area contributed by atoms with E-state index >= 15 is 0 Å². The minimum Gasteiger partial charge on any atom is -0.338 e. The molecule has 0 aliphatic carbocycles. The number of carbonyl (C=O) groups excluding carboxylic acids is 2. The average Bonchev–Trinajstić information content (AvgIpc) is 2.69. The Hall–Kier alpha value is -2.58. The van der Waals surface area contributed by atoms with Gasteiger partial charge >= 0.3 is 0 Å². The maximum atomic E-state index is 14.0. The van der Waals surface area contributed by atoms with Crippen molar-refractivity contribution in [1.82, 2.24) is 10.4 Å². The van der Waals surface area contributed by atoms with Crippen LogP contribution in [-0.2, 0) is 22.0 Å². The second-order valence-electron chi connectivity index (χ2n) is 6.65. The second-order valence-corrected chi connectivity index (χ2v) is 8.21. The molecule has 1 heterocycles. The molecule has 1 aliphatic rings. The summed E-state index contributed by atoms with van der Waals surface area (Å²) >= 11 is 0. The van der Waals surface area contributed by atoms with Crippen LogP contribution in [0.2, 0.25) is 0 Å². The van der Waals surface area contributed by atoms with Crippen molar-refractivity contribution < 1.29 is 23.4 Å². The van der Waals surface area contributed by atoms with Crippen LogP contribution in [0.3, 0.4) is 0 Å². The van der Waals surface area contributed by atoms with E-state index in [2.05, 4.69) is 0 Å². The minimum atomic E-state index is -1.47. The maximum absolute atomic E-state index is 14.0. The molecule has 2 aromatic rings. The van der Waals surface area contributed by atoms with Crippen molar-refractivity contribution in [3.8, 4) is 11.1 Å². The largest absolute Gasteiger partial charge is 0.338 e. The number of halogens is 1. The van der Waals surface area contributed by atoms with Gasteiger partial charge in [0.05, 0.1) is 0 Å². The lowest BCUT2D eigenvalue weighted by atomic mass is 9.94. The summed E-state index contributed by atoms with van der Waals surface area (Å²) in [6, 6.07) is 11.8. The van der Waals surface area contributed by atoms with Crippen LogP contribution in [0.4, 0.5) is 4.39 Å². The fraction of sp³-hybridized carbons (Fsp3) is 0.300. The molecule has 28 heavy (non-hydrogen) atoms. The zero-order chi connectivity index (χ0) is 20.3. The normalized spacial score (nSPS) is 15.7. The summed E-state index contributed by atoms with van der Waals surface area (Å²) in [6.45, 7) is 0.710. The average molecular weight is 404 g/mol. The maximum Gasteiger partial charge on any atom is 0.259 e. The van der Waals surface area contributed by atoms with Crippen molar-refractivity contribution >= 4 is 22.6 Å². The third-order valence-electron chi connectivity index (χ3n) is 4.92. The standard InChI is InChI=1S/C20H21FN2O4S/c1-28(27)18(19(24)22-26)9-11-23-10-8-14-12-13(6-7-16(14)20(23)25)15-4-2-3-5-17(15)21/h2-7,12,18,26H,8-11H2,1H3,(H,22,24). The molecule has 0 saturated heterocycles. The molecule has 2 unspecified atom stereocenters. The van der Waals surface area contributed by atoms with Crippen molar-refractivity contribution in [2.75, 3.05) is 19.3 Å². The van der Waals surface area contributed by atoms with Gasteiger partial charge in [-0.25, -0.2) is 9.87 Å². The van der Waals surface area contributed by atoms with Crippen LogP contribution in [0.15, 0.2) is 42.5 Å². The van der Waals surface area contributed by atoms with E-state index in [1.807, 2.05) is 6.07 Å². The van der Waals surface area contributed by atoms with E-state index < -0.39 is 22.0 Å². The Kier molecular flexibility index (Phi) is 6.21. The monoisotopic (exact) mass is 404 g/mol. The first-order valence-electron chi connectivity index (χ1n) is 8.85. The molecule has 0 saturated carbocycles. The van der Waals surface area contributed by atoms with Gasteiger partial charge in [0.1, 0.15) is 11.1 Å². The summed E-state index contributed by atoms with van der Waals surface area (Å²) < 4.78 is 25.7. The summed E-state index contributed by atoms with van der Waals surface area (Å²) in [5.74, 6) is -1.21. The highest BCUT2D eigenvalue weighted by Crippen LogP contribution is 2.28. The predicted octanol–water partition coefficient (Wildman–Crippen LogP) is 2.13. The number of fused-ring (bicyclic) bond motifs is 1. The third-order valence-corrected chi connectivity index (χ3v) is 6.17. The molecule has 0 spiro atoms. The van der Waals surface area contributed by atoms with Gasteiger partial charge in [-0.05, 0) is 36.1 Å². The number of hydrogen-bond acceptors (Lipinski definition) is 4. The van der Waals surface area contributed by atoms with Gasteiger partial charge in [0.2, 0.25) is 0 Å². The highest BCUT2D eigenvalue weighted by Gasteiger charge is 2.28. The second kappa shape index (κ2) is 8.62. The lowest BCUT2D eigenvalue weighted by Gasteiger charge is -2.29. The Morgan fingerprint density at radius 1 is 1.29 bits per heavy atom. The Labute approximate surface area is 164 Å². The molecular weight excluding hydrogens is 383 g/mol. The fourth-order valence-corrected chi connectivity index (χ4v) is 4.20. The zero-order valence-electron chi connectivity index (χ0n) is 15.4. The number of hydrogen-bond donors (Lipinski definition) is 2. The minimum absolute atomic E-state index is 0.175. The topological polar surface area (TPSA) is 86.7 Å². The van der Waals surface area contributed by atoms with Crippen LogP contribution in [0.5, 0.6) is 0 Å².